The van der Waals surface area contributed by atoms with Crippen LogP contribution < -0.4 is 14.2 Å². The van der Waals surface area contributed by atoms with Crippen LogP contribution in [0.15, 0.2) is 18.7 Å². The average Bonchev–Trinajstić information content (AvgIpc) is 3.23. The summed E-state index contributed by atoms with van der Waals surface area (Å²) in [7, 11) is -1.43. The Balaban J connectivity index is 1.78. The molecule has 0 bridgehead atoms. The number of anilines is 1. The molecule has 16 heteroatoms. The molecule has 0 aliphatic heterocycles. The molecule has 1 aliphatic rings. The Morgan fingerprint density at radius 2 is 1.68 bits per heavy atom. The maximum absolute atomic E-state index is 13.6. The Morgan fingerprint density at radius 3 is 2.19 bits per heavy atom. The summed E-state index contributed by atoms with van der Waals surface area (Å²) in [6, 6.07) is 0. The van der Waals surface area contributed by atoms with Crippen molar-refractivity contribution in [1.29, 1.82) is 0 Å². The van der Waals surface area contributed by atoms with Crippen LogP contribution in [0.25, 0.3) is 5.69 Å². The second-order valence-electron chi connectivity index (χ2n) is 8.54. The molecule has 1 saturated carbocycles. The summed E-state index contributed by atoms with van der Waals surface area (Å²) in [6.45, 7) is 3.14. The summed E-state index contributed by atoms with van der Waals surface area (Å²) in [4.78, 5) is 16.4. The number of aromatic nitrogens is 7. The quantitative estimate of drug-likeness (QED) is 0.393. The summed E-state index contributed by atoms with van der Waals surface area (Å²) in [5.41, 5.74) is 0.0758. The van der Waals surface area contributed by atoms with Crippen molar-refractivity contribution >= 4 is 27.6 Å². The van der Waals surface area contributed by atoms with Gasteiger partial charge in [0.05, 0.1) is 24.5 Å². The Hall–Kier alpha value is -3.20. The number of halogens is 3. The van der Waals surface area contributed by atoms with E-state index in [1.54, 1.807) is 6.92 Å². The first-order valence-corrected chi connectivity index (χ1v) is 13.2. The lowest BCUT2D eigenvalue weighted by molar-refractivity contribution is 0.0139. The van der Waals surface area contributed by atoms with E-state index in [-0.39, 0.29) is 35.0 Å². The molecule has 0 amide bonds. The lowest BCUT2D eigenvalue weighted by Crippen LogP contribution is -2.33. The minimum atomic E-state index is -4.13. The number of nitrogens with zero attached hydrogens (tertiary/aromatic N) is 7. The maximum Gasteiger partial charge on any atom is 0.245 e. The van der Waals surface area contributed by atoms with Crippen molar-refractivity contribution in [2.75, 3.05) is 18.9 Å². The average molecular weight is 559 g/mol. The van der Waals surface area contributed by atoms with E-state index in [4.69, 9.17) is 21.1 Å². The normalized spacial score (nSPS) is 19.2. The number of hydrogen-bond acceptors (Lipinski definition) is 10. The summed E-state index contributed by atoms with van der Waals surface area (Å²) in [6.07, 6.45) is 2.07. The van der Waals surface area contributed by atoms with Crippen LogP contribution in [-0.4, -0.2) is 69.0 Å². The van der Waals surface area contributed by atoms with Crippen LogP contribution in [0.2, 0.25) is 5.02 Å². The van der Waals surface area contributed by atoms with Gasteiger partial charge in [0.25, 0.3) is 0 Å². The van der Waals surface area contributed by atoms with Gasteiger partial charge in [-0.2, -0.15) is 9.97 Å². The molecule has 0 saturated heterocycles. The minimum absolute atomic E-state index is 0.0113. The zero-order chi connectivity index (χ0) is 26.9. The van der Waals surface area contributed by atoms with Gasteiger partial charge in [-0.3, -0.25) is 9.29 Å². The second kappa shape index (κ2) is 10.7. The largest absolute Gasteiger partial charge is 0.479 e. The van der Waals surface area contributed by atoms with Gasteiger partial charge < -0.3 is 9.47 Å². The summed E-state index contributed by atoms with van der Waals surface area (Å²) >= 11 is 5.84. The van der Waals surface area contributed by atoms with E-state index in [1.165, 1.54) is 44.4 Å². The van der Waals surface area contributed by atoms with Gasteiger partial charge in [-0.25, -0.2) is 27.2 Å². The molecule has 0 unspecified atom stereocenters. The van der Waals surface area contributed by atoms with Crippen LogP contribution >= 0.6 is 11.6 Å². The van der Waals surface area contributed by atoms with Crippen LogP contribution in [0.5, 0.6) is 11.8 Å². The molecule has 0 aromatic carbocycles. The van der Waals surface area contributed by atoms with Crippen molar-refractivity contribution in [3.05, 3.63) is 35.4 Å². The molecule has 1 fully saturated rings. The first-order valence-electron chi connectivity index (χ1n) is 11.2. The molecule has 0 spiro atoms. The molecule has 4 rings (SSSR count). The fourth-order valence-corrected chi connectivity index (χ4v) is 5.39. The zero-order valence-electron chi connectivity index (χ0n) is 20.3. The van der Waals surface area contributed by atoms with Gasteiger partial charge in [0, 0.05) is 30.1 Å². The third kappa shape index (κ3) is 5.14. The van der Waals surface area contributed by atoms with Gasteiger partial charge in [-0.05, 0) is 19.8 Å². The van der Waals surface area contributed by atoms with E-state index in [9.17, 15) is 17.2 Å². The number of sulfonamides is 1. The Morgan fingerprint density at radius 1 is 1.05 bits per heavy atom. The van der Waals surface area contributed by atoms with Gasteiger partial charge >= 0.3 is 0 Å². The van der Waals surface area contributed by atoms with E-state index in [0.29, 0.717) is 17.9 Å². The first kappa shape index (κ1) is 26.9. The van der Waals surface area contributed by atoms with E-state index in [1.807, 2.05) is 0 Å². The molecule has 12 nitrogen and oxygen atoms in total. The lowest BCUT2D eigenvalue weighted by Gasteiger charge is -2.35. The summed E-state index contributed by atoms with van der Waals surface area (Å²) in [5, 5.41) is 7.40. The molecular weight excluding hydrogens is 534 g/mol. The van der Waals surface area contributed by atoms with Gasteiger partial charge in [0.15, 0.2) is 5.69 Å². The molecule has 3 aromatic heterocycles. The minimum Gasteiger partial charge on any atom is -0.479 e. The molecular formula is C21H25ClF2N8O4S. The van der Waals surface area contributed by atoms with Gasteiger partial charge in [-0.1, -0.05) is 18.5 Å². The van der Waals surface area contributed by atoms with Crippen molar-refractivity contribution in [3.8, 4) is 17.4 Å². The lowest BCUT2D eigenvalue weighted by atomic mass is 9.73. The van der Waals surface area contributed by atoms with E-state index in [0.717, 1.165) is 0 Å². The highest BCUT2D eigenvalue weighted by Crippen LogP contribution is 2.47. The van der Waals surface area contributed by atoms with Gasteiger partial charge in [0.2, 0.25) is 34.2 Å². The van der Waals surface area contributed by atoms with Crippen molar-refractivity contribution in [3.63, 3.8) is 0 Å². The van der Waals surface area contributed by atoms with E-state index >= 15 is 0 Å². The van der Waals surface area contributed by atoms with Crippen molar-refractivity contribution in [2.45, 2.75) is 50.2 Å². The van der Waals surface area contributed by atoms with Crippen molar-refractivity contribution in [2.24, 2.45) is 5.92 Å². The van der Waals surface area contributed by atoms with Crippen LogP contribution in [0.3, 0.4) is 0 Å². The molecule has 4 atom stereocenters. The van der Waals surface area contributed by atoms with Gasteiger partial charge in [-0.15, -0.1) is 10.2 Å². The molecule has 3 aromatic rings. The Bertz CT molecular complexity index is 1340. The second-order valence-corrected chi connectivity index (χ2v) is 11.0. The number of ether oxygens (including phenoxy) is 2. The van der Waals surface area contributed by atoms with Crippen molar-refractivity contribution in [1.82, 2.24) is 34.7 Å². The Labute approximate surface area is 216 Å². The van der Waals surface area contributed by atoms with Crippen molar-refractivity contribution < 1.29 is 26.7 Å². The number of nitrogens with one attached hydrogen (secondary N) is 1. The van der Waals surface area contributed by atoms with Crippen LogP contribution in [0.1, 0.15) is 50.2 Å². The number of alkyl halides is 2. The highest BCUT2D eigenvalue weighted by atomic mass is 35.5. The first-order chi connectivity index (χ1) is 17.6. The number of hydrogen-bond donors (Lipinski definition) is 1. The third-order valence-electron chi connectivity index (χ3n) is 6.51. The topological polar surface area (TPSA) is 147 Å². The fourth-order valence-electron chi connectivity index (χ4n) is 4.06. The fraction of sp³-hybridized carbons (Fsp3) is 0.524. The van der Waals surface area contributed by atoms with E-state index < -0.39 is 39.5 Å². The standard InChI is InChI=1S/C21H25ClF2N8O4S/c1-10(17-25-7-12(22)8-26-17)11(2)37(33,34)31-21-30-29-18(14-6-5-13(14)16(23)24)32(21)15-19(35-3)27-9-28-20(15)36-4/h7-11,13-14,16H,5-6H2,1-4H3,(H,30,31)/t10-,11-,13+,14+/m0/s1. The third-order valence-corrected chi connectivity index (χ3v) is 8.56. The number of methoxy groups -OCH3 is 2. The molecule has 3 heterocycles. The summed E-state index contributed by atoms with van der Waals surface area (Å²) < 4.78 is 68.5. The molecule has 37 heavy (non-hydrogen) atoms. The predicted molar refractivity (Wildman–Crippen MR) is 129 cm³/mol. The van der Waals surface area contributed by atoms with Crippen LogP contribution in [0.4, 0.5) is 14.7 Å². The smallest absolute Gasteiger partial charge is 0.245 e. The summed E-state index contributed by atoms with van der Waals surface area (Å²) in [5.74, 6) is -2.12. The highest BCUT2D eigenvalue weighted by molar-refractivity contribution is 7.93. The predicted octanol–water partition coefficient (Wildman–Crippen LogP) is 3.21. The Kier molecular flexibility index (Phi) is 7.73. The monoisotopic (exact) mass is 558 g/mol. The molecule has 0 radical (unpaired) electrons. The van der Waals surface area contributed by atoms with E-state index in [2.05, 4.69) is 34.9 Å². The van der Waals surface area contributed by atoms with Crippen LogP contribution in [-0.2, 0) is 10.0 Å². The molecule has 200 valence electrons. The van der Waals surface area contributed by atoms with Gasteiger partial charge in [0.1, 0.15) is 18.0 Å². The number of rotatable bonds is 10. The highest BCUT2D eigenvalue weighted by Gasteiger charge is 2.43. The zero-order valence-corrected chi connectivity index (χ0v) is 21.9. The SMILES string of the molecule is COc1ncnc(OC)c1-n1c(NS(=O)(=O)[C@@H](C)[C@H](C)c2ncc(Cl)cn2)nnc1[C@@H]1CC[C@H]1C(F)F. The molecule has 1 N–H and O–H groups in total. The van der Waals surface area contributed by atoms with Crippen LogP contribution in [0, 0.1) is 5.92 Å². The maximum atomic E-state index is 13.6. The molecule has 1 aliphatic carbocycles.